The van der Waals surface area contributed by atoms with Gasteiger partial charge in [0.25, 0.3) is 0 Å². The largest absolute Gasteiger partial charge is 0.490 e. The Kier molecular flexibility index (Phi) is 3.94. The minimum atomic E-state index is 0.723. The molecule has 0 aliphatic carbocycles. The molecule has 0 bridgehead atoms. The molecule has 1 aliphatic rings. The van der Waals surface area contributed by atoms with Crippen LogP contribution < -0.4 is 4.74 Å². The second-order valence-electron chi connectivity index (χ2n) is 6.61. The van der Waals surface area contributed by atoms with Gasteiger partial charge in [0.15, 0.2) is 11.6 Å². The molecule has 27 heavy (non-hydrogen) atoms. The van der Waals surface area contributed by atoms with Gasteiger partial charge in [-0.05, 0) is 12.5 Å². The average Bonchev–Trinajstić information content (AvgIpc) is 3.05. The minimum absolute atomic E-state index is 0.723. The molecule has 4 aromatic rings. The predicted octanol–water partition coefficient (Wildman–Crippen LogP) is 4.99. The molecule has 132 valence electrons. The van der Waals surface area contributed by atoms with Crippen molar-refractivity contribution in [2.24, 2.45) is 4.99 Å². The van der Waals surface area contributed by atoms with Gasteiger partial charge < -0.3 is 9.30 Å². The highest BCUT2D eigenvalue weighted by Crippen LogP contribution is 2.34. The van der Waals surface area contributed by atoms with Gasteiger partial charge in [0, 0.05) is 29.3 Å². The number of rotatable bonds is 3. The maximum Gasteiger partial charge on any atom is 0.162 e. The second kappa shape index (κ2) is 6.72. The topological polar surface area (TPSA) is 39.4 Å². The highest BCUT2D eigenvalue weighted by Gasteiger charge is 2.16. The number of aryl methyl sites for hydroxylation is 1. The molecule has 0 amide bonds. The molecule has 0 fully saturated rings. The van der Waals surface area contributed by atoms with Gasteiger partial charge in [-0.1, -0.05) is 60.7 Å². The van der Waals surface area contributed by atoms with Crippen LogP contribution in [-0.4, -0.2) is 21.9 Å². The molecule has 1 aliphatic heterocycles. The summed E-state index contributed by atoms with van der Waals surface area (Å²) in [4.78, 5) is 9.64. The van der Waals surface area contributed by atoms with E-state index in [2.05, 4.69) is 46.1 Å². The fourth-order valence-electron chi connectivity index (χ4n) is 3.57. The molecule has 0 radical (unpaired) electrons. The van der Waals surface area contributed by atoms with Crippen molar-refractivity contribution < 1.29 is 4.74 Å². The molecule has 0 unspecified atom stereocenters. The third-order valence-electron chi connectivity index (χ3n) is 4.85. The summed E-state index contributed by atoms with van der Waals surface area (Å²) >= 11 is 0. The molecule has 0 N–H and O–H groups in total. The monoisotopic (exact) mass is 353 g/mol. The molecule has 2 aromatic carbocycles. The lowest BCUT2D eigenvalue weighted by atomic mass is 10.0. The Morgan fingerprint density at radius 3 is 2.33 bits per heavy atom. The van der Waals surface area contributed by atoms with Crippen LogP contribution in [0.25, 0.3) is 10.9 Å². The maximum absolute atomic E-state index is 5.88. The first-order chi connectivity index (χ1) is 13.4. The third-order valence-corrected chi connectivity index (χ3v) is 4.85. The second-order valence-corrected chi connectivity index (χ2v) is 6.61. The Morgan fingerprint density at radius 2 is 1.63 bits per heavy atom. The van der Waals surface area contributed by atoms with E-state index < -0.39 is 0 Å². The highest BCUT2D eigenvalue weighted by atomic mass is 16.5. The normalized spacial score (nSPS) is 13.0. The summed E-state index contributed by atoms with van der Waals surface area (Å²) < 4.78 is 8.12. The van der Waals surface area contributed by atoms with Crippen LogP contribution in [0.15, 0.2) is 84.1 Å². The van der Waals surface area contributed by atoms with Crippen LogP contribution in [-0.2, 0) is 6.54 Å². The zero-order valence-electron chi connectivity index (χ0n) is 14.9. The van der Waals surface area contributed by atoms with E-state index in [4.69, 9.17) is 9.73 Å². The number of aliphatic imine (C=N–C) groups is 1. The molecule has 3 heterocycles. The van der Waals surface area contributed by atoms with Gasteiger partial charge in [0.05, 0.1) is 24.0 Å². The molecule has 0 spiro atoms. The summed E-state index contributed by atoms with van der Waals surface area (Å²) in [6.07, 6.45) is 4.90. The van der Waals surface area contributed by atoms with Gasteiger partial charge in [0.1, 0.15) is 0 Å². The van der Waals surface area contributed by atoms with E-state index in [-0.39, 0.29) is 0 Å². The van der Waals surface area contributed by atoms with Gasteiger partial charge in [-0.3, -0.25) is 0 Å². The van der Waals surface area contributed by atoms with Crippen LogP contribution in [0.3, 0.4) is 0 Å². The van der Waals surface area contributed by atoms with Gasteiger partial charge in [0.2, 0.25) is 0 Å². The zero-order chi connectivity index (χ0) is 18.1. The number of hydrogen-bond acceptors (Lipinski definition) is 3. The lowest BCUT2D eigenvalue weighted by Gasteiger charge is -2.09. The van der Waals surface area contributed by atoms with E-state index in [9.17, 15) is 0 Å². The van der Waals surface area contributed by atoms with Gasteiger partial charge in [-0.25, -0.2) is 9.98 Å². The maximum atomic E-state index is 5.88. The van der Waals surface area contributed by atoms with Crippen LogP contribution in [0.4, 0.5) is 5.82 Å². The number of aromatic nitrogens is 2. The van der Waals surface area contributed by atoms with Crippen molar-refractivity contribution in [3.8, 4) is 5.75 Å². The lowest BCUT2D eigenvalue weighted by Crippen LogP contribution is -2.03. The Morgan fingerprint density at radius 1 is 0.926 bits per heavy atom. The molecule has 4 nitrogen and oxygen atoms in total. The van der Waals surface area contributed by atoms with Crippen molar-refractivity contribution in [2.75, 3.05) is 6.61 Å². The fraction of sp³-hybridized carbons (Fsp3) is 0.130. The van der Waals surface area contributed by atoms with Crippen molar-refractivity contribution in [1.82, 2.24) is 9.55 Å². The first-order valence-electron chi connectivity index (χ1n) is 9.20. The van der Waals surface area contributed by atoms with Crippen molar-refractivity contribution >= 4 is 22.4 Å². The first kappa shape index (κ1) is 15.8. The number of pyridine rings is 1. The van der Waals surface area contributed by atoms with Crippen molar-refractivity contribution in [1.29, 1.82) is 0 Å². The van der Waals surface area contributed by atoms with E-state index in [1.165, 1.54) is 0 Å². The first-order valence-corrected chi connectivity index (χ1v) is 9.20. The summed E-state index contributed by atoms with van der Waals surface area (Å²) in [7, 11) is 0. The van der Waals surface area contributed by atoms with Crippen LogP contribution in [0, 0.1) is 0 Å². The van der Waals surface area contributed by atoms with Crippen molar-refractivity contribution in [3.05, 3.63) is 90.3 Å². The van der Waals surface area contributed by atoms with E-state index >= 15 is 0 Å². The van der Waals surface area contributed by atoms with E-state index in [0.29, 0.717) is 0 Å². The van der Waals surface area contributed by atoms with E-state index in [1.807, 2.05) is 36.4 Å². The fourth-order valence-corrected chi connectivity index (χ4v) is 3.57. The third kappa shape index (κ3) is 2.89. The van der Waals surface area contributed by atoms with Crippen LogP contribution >= 0.6 is 0 Å². The number of ether oxygens (including phenoxy) is 1. The van der Waals surface area contributed by atoms with Crippen molar-refractivity contribution in [3.63, 3.8) is 0 Å². The van der Waals surface area contributed by atoms with E-state index in [0.717, 1.165) is 58.9 Å². The van der Waals surface area contributed by atoms with Crippen LogP contribution in [0.1, 0.15) is 17.5 Å². The van der Waals surface area contributed by atoms with Crippen molar-refractivity contribution in [2.45, 2.75) is 13.0 Å². The summed E-state index contributed by atoms with van der Waals surface area (Å²) in [6.45, 7) is 1.67. The standard InChI is InChI=1S/C23H19N3O/c1-3-8-17(9-4-1)21(18-10-5-2-6-11-18)25-23-19-12-14-26-13-7-15-27-20(16-24-23)22(19)26/h1-6,8-12,14,16H,7,13,15H2. The Labute approximate surface area is 157 Å². The predicted molar refractivity (Wildman–Crippen MR) is 108 cm³/mol. The molecule has 0 saturated heterocycles. The molecule has 4 heteroatoms. The molecule has 2 aromatic heterocycles. The number of nitrogens with zero attached hydrogens (tertiary/aromatic N) is 3. The van der Waals surface area contributed by atoms with Gasteiger partial charge in [-0.15, -0.1) is 0 Å². The lowest BCUT2D eigenvalue weighted by molar-refractivity contribution is 0.315. The minimum Gasteiger partial charge on any atom is -0.490 e. The summed E-state index contributed by atoms with van der Waals surface area (Å²) in [5.74, 6) is 1.56. The zero-order valence-corrected chi connectivity index (χ0v) is 14.9. The summed E-state index contributed by atoms with van der Waals surface area (Å²) in [5, 5.41) is 1.03. The summed E-state index contributed by atoms with van der Waals surface area (Å²) in [5.41, 5.74) is 4.15. The molecule has 5 rings (SSSR count). The van der Waals surface area contributed by atoms with Crippen LogP contribution in [0.2, 0.25) is 0 Å². The molecular weight excluding hydrogens is 334 g/mol. The molecule has 0 saturated carbocycles. The van der Waals surface area contributed by atoms with Gasteiger partial charge >= 0.3 is 0 Å². The quantitative estimate of drug-likeness (QED) is 0.487. The summed E-state index contributed by atoms with van der Waals surface area (Å²) in [6, 6.07) is 22.6. The smallest absolute Gasteiger partial charge is 0.162 e. The van der Waals surface area contributed by atoms with E-state index in [1.54, 1.807) is 6.20 Å². The molecule has 0 atom stereocenters. The highest BCUT2D eigenvalue weighted by molar-refractivity contribution is 6.14. The van der Waals surface area contributed by atoms with Crippen LogP contribution in [0.5, 0.6) is 5.75 Å². The number of benzene rings is 2. The SMILES string of the molecule is c1ccc(C(=Nc2ncc3c4c2ccn4CCCO3)c2ccccc2)cc1. The Bertz CT molecular complexity index is 1070. The number of hydrogen-bond donors (Lipinski definition) is 0. The Balaban J connectivity index is 1.72. The average molecular weight is 353 g/mol. The molecular formula is C23H19N3O. The Hall–Kier alpha value is -3.40. The van der Waals surface area contributed by atoms with Gasteiger partial charge in [-0.2, -0.15) is 0 Å².